The van der Waals surface area contributed by atoms with Gasteiger partial charge in [0.2, 0.25) is 15.8 Å². The maximum absolute atomic E-state index is 12.9. The van der Waals surface area contributed by atoms with Crippen LogP contribution in [0, 0.1) is 5.82 Å². The van der Waals surface area contributed by atoms with Gasteiger partial charge in [-0.1, -0.05) is 5.16 Å². The highest BCUT2D eigenvalue weighted by atomic mass is 32.2. The Bertz CT molecular complexity index is 1040. The molecule has 0 bridgehead atoms. The predicted molar refractivity (Wildman–Crippen MR) is 98.5 cm³/mol. The molecule has 2 aromatic carbocycles. The van der Waals surface area contributed by atoms with Gasteiger partial charge in [0.05, 0.1) is 4.90 Å². The summed E-state index contributed by atoms with van der Waals surface area (Å²) >= 11 is 0. The summed E-state index contributed by atoms with van der Waals surface area (Å²) in [6.45, 7) is 1.17. The first kappa shape index (κ1) is 18.6. The Kier molecular flexibility index (Phi) is 5.10. The number of halogens is 1. The Morgan fingerprint density at radius 1 is 1.04 bits per heavy atom. The van der Waals surface area contributed by atoms with Gasteiger partial charge in [-0.25, -0.2) is 12.8 Å². The van der Waals surface area contributed by atoms with Crippen LogP contribution in [0.1, 0.15) is 18.7 Å². The number of ether oxygens (including phenoxy) is 1. The van der Waals surface area contributed by atoms with E-state index in [0.717, 1.165) is 12.8 Å². The number of hydrogen-bond acceptors (Lipinski definition) is 6. The van der Waals surface area contributed by atoms with E-state index in [2.05, 4.69) is 10.1 Å². The quantitative estimate of drug-likeness (QED) is 0.628. The van der Waals surface area contributed by atoms with Gasteiger partial charge < -0.3 is 9.26 Å². The molecule has 1 fully saturated rings. The van der Waals surface area contributed by atoms with Gasteiger partial charge in [-0.2, -0.15) is 9.29 Å². The maximum atomic E-state index is 12.9. The van der Waals surface area contributed by atoms with E-state index in [4.69, 9.17) is 9.26 Å². The van der Waals surface area contributed by atoms with Crippen LogP contribution in [0.2, 0.25) is 0 Å². The van der Waals surface area contributed by atoms with Crippen molar-refractivity contribution in [3.05, 3.63) is 60.2 Å². The molecular weight excluding hydrogens is 385 g/mol. The second kappa shape index (κ2) is 7.69. The number of nitrogens with zero attached hydrogens (tertiary/aromatic N) is 3. The molecule has 1 saturated heterocycles. The van der Waals surface area contributed by atoms with Gasteiger partial charge in [0.25, 0.3) is 5.89 Å². The maximum Gasteiger partial charge on any atom is 0.264 e. The molecule has 0 atom stereocenters. The SMILES string of the molecule is O=S(=O)(c1ccc(-c2noc(COc3ccc(F)cc3)n2)cc1)N1CCCC1. The topological polar surface area (TPSA) is 85.5 Å². The van der Waals surface area contributed by atoms with Crippen molar-refractivity contribution in [1.29, 1.82) is 0 Å². The molecule has 9 heteroatoms. The van der Waals surface area contributed by atoms with Gasteiger partial charge in [0.1, 0.15) is 11.6 Å². The summed E-state index contributed by atoms with van der Waals surface area (Å²) in [5.74, 6) is 0.733. The molecule has 7 nitrogen and oxygen atoms in total. The minimum absolute atomic E-state index is 0.0417. The normalized spacial score (nSPS) is 15.0. The van der Waals surface area contributed by atoms with Crippen molar-refractivity contribution >= 4 is 10.0 Å². The van der Waals surface area contributed by atoms with Crippen LogP contribution in [-0.2, 0) is 16.6 Å². The molecule has 1 aliphatic heterocycles. The molecule has 0 aliphatic carbocycles. The second-order valence-corrected chi connectivity index (χ2v) is 8.33. The third-order valence-corrected chi connectivity index (χ3v) is 6.37. The van der Waals surface area contributed by atoms with Crippen molar-refractivity contribution in [2.75, 3.05) is 13.1 Å². The fraction of sp³-hybridized carbons (Fsp3) is 0.263. The number of benzene rings is 2. The lowest BCUT2D eigenvalue weighted by Gasteiger charge is -2.15. The van der Waals surface area contributed by atoms with Crippen LogP contribution in [-0.4, -0.2) is 36.0 Å². The lowest BCUT2D eigenvalue weighted by atomic mass is 10.2. The van der Waals surface area contributed by atoms with Crippen LogP contribution in [0.15, 0.2) is 57.9 Å². The zero-order chi connectivity index (χ0) is 19.6. The molecule has 0 spiro atoms. The minimum Gasteiger partial charge on any atom is -0.484 e. The molecule has 0 unspecified atom stereocenters. The van der Waals surface area contributed by atoms with E-state index in [1.165, 1.54) is 28.6 Å². The molecule has 0 saturated carbocycles. The van der Waals surface area contributed by atoms with Crippen molar-refractivity contribution in [2.45, 2.75) is 24.3 Å². The van der Waals surface area contributed by atoms with E-state index in [-0.39, 0.29) is 23.2 Å². The van der Waals surface area contributed by atoms with E-state index in [1.807, 2.05) is 0 Å². The summed E-state index contributed by atoms with van der Waals surface area (Å²) in [6, 6.07) is 12.0. The van der Waals surface area contributed by atoms with E-state index < -0.39 is 10.0 Å². The highest BCUT2D eigenvalue weighted by Gasteiger charge is 2.27. The molecule has 0 N–H and O–H groups in total. The van der Waals surface area contributed by atoms with Crippen LogP contribution < -0.4 is 4.74 Å². The first-order valence-electron chi connectivity index (χ1n) is 8.84. The zero-order valence-corrected chi connectivity index (χ0v) is 15.7. The fourth-order valence-electron chi connectivity index (χ4n) is 2.96. The first-order chi connectivity index (χ1) is 13.5. The zero-order valence-electron chi connectivity index (χ0n) is 14.9. The largest absolute Gasteiger partial charge is 0.484 e. The molecule has 28 heavy (non-hydrogen) atoms. The predicted octanol–water partition coefficient (Wildman–Crippen LogP) is 3.24. The average Bonchev–Trinajstić information content (AvgIpc) is 3.40. The summed E-state index contributed by atoms with van der Waals surface area (Å²) in [5.41, 5.74) is 0.636. The third-order valence-electron chi connectivity index (χ3n) is 4.46. The number of hydrogen-bond donors (Lipinski definition) is 0. The Labute approximate surface area is 161 Å². The van der Waals surface area contributed by atoms with Crippen LogP contribution in [0.3, 0.4) is 0 Å². The summed E-state index contributed by atoms with van der Waals surface area (Å²) in [6.07, 6.45) is 1.78. The van der Waals surface area contributed by atoms with Gasteiger partial charge in [-0.3, -0.25) is 0 Å². The van der Waals surface area contributed by atoms with Crippen molar-refractivity contribution in [1.82, 2.24) is 14.4 Å². The summed E-state index contributed by atoms with van der Waals surface area (Å²) in [7, 11) is -3.45. The van der Waals surface area contributed by atoms with E-state index >= 15 is 0 Å². The van der Waals surface area contributed by atoms with Gasteiger partial charge in [0, 0.05) is 18.7 Å². The van der Waals surface area contributed by atoms with Gasteiger partial charge in [-0.15, -0.1) is 0 Å². The molecule has 4 rings (SSSR count). The van der Waals surface area contributed by atoms with Crippen LogP contribution in [0.25, 0.3) is 11.4 Å². The standard InChI is InChI=1S/C19H18FN3O4S/c20-15-5-7-16(8-6-15)26-13-18-21-19(22-27-18)14-3-9-17(10-4-14)28(24,25)23-11-1-2-12-23/h3-10H,1-2,11-13H2. The molecule has 0 amide bonds. The smallest absolute Gasteiger partial charge is 0.264 e. The fourth-order valence-corrected chi connectivity index (χ4v) is 4.48. The van der Waals surface area contributed by atoms with Gasteiger partial charge in [0.15, 0.2) is 6.61 Å². The Morgan fingerprint density at radius 2 is 1.71 bits per heavy atom. The molecule has 1 aromatic heterocycles. The van der Waals surface area contributed by atoms with Crippen molar-refractivity contribution in [3.8, 4) is 17.1 Å². The first-order valence-corrected chi connectivity index (χ1v) is 10.3. The van der Waals surface area contributed by atoms with Gasteiger partial charge >= 0.3 is 0 Å². The Balaban J connectivity index is 1.44. The van der Waals surface area contributed by atoms with Crippen molar-refractivity contribution in [3.63, 3.8) is 0 Å². The molecular formula is C19H18FN3O4S. The van der Waals surface area contributed by atoms with E-state index in [1.54, 1.807) is 24.3 Å². The lowest BCUT2D eigenvalue weighted by molar-refractivity contribution is 0.242. The summed E-state index contributed by atoms with van der Waals surface area (Å²) in [4.78, 5) is 4.50. The monoisotopic (exact) mass is 403 g/mol. The van der Waals surface area contributed by atoms with Crippen molar-refractivity contribution < 1.29 is 22.1 Å². The second-order valence-electron chi connectivity index (χ2n) is 6.39. The van der Waals surface area contributed by atoms with Gasteiger partial charge in [-0.05, 0) is 61.4 Å². The van der Waals surface area contributed by atoms with Crippen LogP contribution in [0.5, 0.6) is 5.75 Å². The number of sulfonamides is 1. The average molecular weight is 403 g/mol. The Morgan fingerprint density at radius 3 is 2.39 bits per heavy atom. The number of aromatic nitrogens is 2. The minimum atomic E-state index is -3.45. The number of rotatable bonds is 6. The molecule has 3 aromatic rings. The molecule has 146 valence electrons. The van der Waals surface area contributed by atoms with Crippen LogP contribution >= 0.6 is 0 Å². The lowest BCUT2D eigenvalue weighted by Crippen LogP contribution is -2.27. The van der Waals surface area contributed by atoms with E-state index in [0.29, 0.717) is 30.2 Å². The molecule has 1 aliphatic rings. The van der Waals surface area contributed by atoms with Crippen molar-refractivity contribution in [2.24, 2.45) is 0 Å². The highest BCUT2D eigenvalue weighted by Crippen LogP contribution is 2.24. The summed E-state index contributed by atoms with van der Waals surface area (Å²) < 4.78 is 50.1. The summed E-state index contributed by atoms with van der Waals surface area (Å²) in [5, 5.41) is 3.90. The molecule has 2 heterocycles. The van der Waals surface area contributed by atoms with E-state index in [9.17, 15) is 12.8 Å². The third kappa shape index (κ3) is 3.90. The highest BCUT2D eigenvalue weighted by molar-refractivity contribution is 7.89. The van der Waals surface area contributed by atoms with Crippen LogP contribution in [0.4, 0.5) is 4.39 Å². The Hall–Kier alpha value is -2.78. The molecule has 0 radical (unpaired) electrons.